The number of rotatable bonds is 6. The van der Waals surface area contributed by atoms with Gasteiger partial charge in [0.05, 0.1) is 11.9 Å². The normalized spacial score (nSPS) is 10.9. The summed E-state index contributed by atoms with van der Waals surface area (Å²) in [7, 11) is 5.72. The summed E-state index contributed by atoms with van der Waals surface area (Å²) in [6, 6.07) is 12.1. The monoisotopic (exact) mass is 391 g/mol. The van der Waals surface area contributed by atoms with Gasteiger partial charge in [-0.1, -0.05) is 17.3 Å². The minimum Gasteiger partial charge on any atom is -0.378 e. The number of hydrogen-bond acceptors (Lipinski definition) is 7. The molecular formula is C19H21N9O. The van der Waals surface area contributed by atoms with Crippen LogP contribution in [0.5, 0.6) is 0 Å². The van der Waals surface area contributed by atoms with Crippen molar-refractivity contribution in [1.82, 2.24) is 29.6 Å². The van der Waals surface area contributed by atoms with Gasteiger partial charge in [-0.25, -0.2) is 4.52 Å². The maximum atomic E-state index is 12.2. The van der Waals surface area contributed by atoms with Crippen LogP contribution in [-0.4, -0.2) is 49.6 Å². The number of anilines is 3. The van der Waals surface area contributed by atoms with Crippen LogP contribution in [0, 0.1) is 0 Å². The molecule has 0 aliphatic heterocycles. The van der Waals surface area contributed by atoms with Crippen molar-refractivity contribution in [1.29, 1.82) is 0 Å². The third kappa shape index (κ3) is 4.00. The summed E-state index contributed by atoms with van der Waals surface area (Å²) in [5.74, 6) is -0.213. The van der Waals surface area contributed by atoms with Crippen LogP contribution in [0.15, 0.2) is 48.8 Å². The number of benzene rings is 1. The Balaban J connectivity index is 1.49. The van der Waals surface area contributed by atoms with Crippen LogP contribution in [0.3, 0.4) is 0 Å². The summed E-state index contributed by atoms with van der Waals surface area (Å²) >= 11 is 0. The first-order chi connectivity index (χ1) is 14.0. The third-order valence-electron chi connectivity index (χ3n) is 4.36. The Morgan fingerprint density at radius 3 is 2.66 bits per heavy atom. The fourth-order valence-electron chi connectivity index (χ4n) is 2.82. The summed E-state index contributed by atoms with van der Waals surface area (Å²) in [6.45, 7) is 0.640. The molecule has 0 aliphatic carbocycles. The predicted molar refractivity (Wildman–Crippen MR) is 110 cm³/mol. The van der Waals surface area contributed by atoms with E-state index in [4.69, 9.17) is 0 Å². The highest BCUT2D eigenvalue weighted by molar-refractivity contribution is 6.01. The van der Waals surface area contributed by atoms with Gasteiger partial charge in [0, 0.05) is 39.6 Å². The van der Waals surface area contributed by atoms with Gasteiger partial charge < -0.3 is 10.2 Å². The summed E-state index contributed by atoms with van der Waals surface area (Å²) < 4.78 is 3.07. The topological polar surface area (TPSA) is 105 Å². The molecule has 0 spiro atoms. The minimum atomic E-state index is -0.413. The second-order valence-electron chi connectivity index (χ2n) is 6.77. The average Bonchev–Trinajstić information content (AvgIpc) is 3.32. The van der Waals surface area contributed by atoms with Crippen LogP contribution in [0.4, 0.5) is 17.3 Å². The first kappa shape index (κ1) is 18.4. The molecular weight excluding hydrogens is 370 g/mol. The number of carbonyl (C=O) groups excluding carboxylic acids is 1. The lowest BCUT2D eigenvalue weighted by Crippen LogP contribution is -2.13. The standard InChI is InChI=1S/C19H21N9O/c1-26(2)14-8-6-13(7-9-14)11-20-15-5-4-10-28-17(15)21-19(24-28)22-18(29)16-12-27(3)25-23-16/h4-10,12,20H,11H2,1-3H3,(H,22,24,29). The maximum absolute atomic E-state index is 12.2. The Kier molecular flexibility index (Phi) is 4.82. The highest BCUT2D eigenvalue weighted by Crippen LogP contribution is 2.19. The Bertz CT molecular complexity index is 1140. The van der Waals surface area contributed by atoms with Crippen molar-refractivity contribution in [3.63, 3.8) is 0 Å². The van der Waals surface area contributed by atoms with Crippen molar-refractivity contribution < 1.29 is 4.79 Å². The van der Waals surface area contributed by atoms with E-state index in [1.165, 1.54) is 10.9 Å². The van der Waals surface area contributed by atoms with E-state index in [0.29, 0.717) is 12.2 Å². The second-order valence-corrected chi connectivity index (χ2v) is 6.77. The highest BCUT2D eigenvalue weighted by atomic mass is 16.2. The van der Waals surface area contributed by atoms with Crippen molar-refractivity contribution in [2.75, 3.05) is 29.6 Å². The number of carbonyl (C=O) groups is 1. The lowest BCUT2D eigenvalue weighted by Gasteiger charge is -2.13. The molecule has 0 atom stereocenters. The summed E-state index contributed by atoms with van der Waals surface area (Å²) in [5, 5.41) is 17.9. The SMILES string of the molecule is CN(C)c1ccc(CNc2cccn3nc(NC(=O)c4cn(C)nn4)nc23)cc1. The van der Waals surface area contributed by atoms with Gasteiger partial charge in [-0.05, 0) is 29.8 Å². The van der Waals surface area contributed by atoms with Crippen molar-refractivity contribution in [3.8, 4) is 0 Å². The third-order valence-corrected chi connectivity index (χ3v) is 4.36. The zero-order chi connectivity index (χ0) is 20.4. The molecule has 0 unspecified atom stereocenters. The number of aromatic nitrogens is 6. The Morgan fingerprint density at radius 1 is 1.17 bits per heavy atom. The Morgan fingerprint density at radius 2 is 1.97 bits per heavy atom. The number of nitrogens with zero attached hydrogens (tertiary/aromatic N) is 7. The van der Waals surface area contributed by atoms with Crippen molar-refractivity contribution >= 4 is 28.9 Å². The smallest absolute Gasteiger partial charge is 0.280 e. The van der Waals surface area contributed by atoms with Crippen LogP contribution in [0.2, 0.25) is 0 Å². The van der Waals surface area contributed by atoms with Gasteiger partial charge in [0.2, 0.25) is 5.95 Å². The number of fused-ring (bicyclic) bond motifs is 1. The molecule has 10 heteroatoms. The largest absolute Gasteiger partial charge is 0.378 e. The molecule has 0 bridgehead atoms. The molecule has 29 heavy (non-hydrogen) atoms. The van der Waals surface area contributed by atoms with Crippen molar-refractivity contribution in [2.24, 2.45) is 7.05 Å². The zero-order valence-corrected chi connectivity index (χ0v) is 16.4. The molecule has 4 aromatic rings. The van der Waals surface area contributed by atoms with Crippen molar-refractivity contribution in [2.45, 2.75) is 6.54 Å². The quantitative estimate of drug-likeness (QED) is 0.516. The zero-order valence-electron chi connectivity index (χ0n) is 16.4. The lowest BCUT2D eigenvalue weighted by molar-refractivity contribution is 0.102. The molecule has 10 nitrogen and oxygen atoms in total. The molecule has 3 aromatic heterocycles. The van der Waals surface area contributed by atoms with E-state index in [1.807, 2.05) is 26.2 Å². The van der Waals surface area contributed by atoms with Crippen molar-refractivity contribution in [3.05, 3.63) is 60.0 Å². The number of pyridine rings is 1. The summed E-state index contributed by atoms with van der Waals surface area (Å²) in [5.41, 5.74) is 3.93. The van der Waals surface area contributed by atoms with E-state index in [-0.39, 0.29) is 11.6 Å². The van der Waals surface area contributed by atoms with Crippen LogP contribution < -0.4 is 15.5 Å². The molecule has 1 aromatic carbocycles. The van der Waals surface area contributed by atoms with E-state index >= 15 is 0 Å². The highest BCUT2D eigenvalue weighted by Gasteiger charge is 2.14. The Labute approximate surface area is 167 Å². The fourth-order valence-corrected chi connectivity index (χ4v) is 2.82. The molecule has 2 N–H and O–H groups in total. The maximum Gasteiger partial charge on any atom is 0.280 e. The number of nitrogens with one attached hydrogen (secondary N) is 2. The first-order valence-electron chi connectivity index (χ1n) is 9.03. The Hall–Kier alpha value is -3.95. The van der Waals surface area contributed by atoms with Gasteiger partial charge in [-0.3, -0.25) is 14.8 Å². The van der Waals surface area contributed by atoms with E-state index in [0.717, 1.165) is 16.9 Å². The summed E-state index contributed by atoms with van der Waals surface area (Å²) in [4.78, 5) is 18.7. The first-order valence-corrected chi connectivity index (χ1v) is 9.03. The second kappa shape index (κ2) is 7.58. The number of amides is 1. The van der Waals surface area contributed by atoms with Gasteiger partial charge in [-0.15, -0.1) is 10.2 Å². The number of aryl methyl sites for hydroxylation is 1. The molecule has 0 fully saturated rings. The van der Waals surface area contributed by atoms with Crippen LogP contribution in [0.25, 0.3) is 5.65 Å². The van der Waals surface area contributed by atoms with Gasteiger partial charge in [0.1, 0.15) is 0 Å². The molecule has 148 valence electrons. The molecule has 0 saturated heterocycles. The van der Waals surface area contributed by atoms with Gasteiger partial charge in [0.25, 0.3) is 5.91 Å². The van der Waals surface area contributed by atoms with Crippen LogP contribution in [-0.2, 0) is 13.6 Å². The van der Waals surface area contributed by atoms with E-state index in [2.05, 4.69) is 60.2 Å². The molecule has 3 heterocycles. The molecule has 4 rings (SSSR count). The minimum absolute atomic E-state index is 0.199. The van der Waals surface area contributed by atoms with Gasteiger partial charge in [-0.2, -0.15) is 4.98 Å². The predicted octanol–water partition coefficient (Wildman–Crippen LogP) is 1.79. The van der Waals surface area contributed by atoms with E-state index in [1.54, 1.807) is 17.8 Å². The molecule has 0 aliphatic rings. The number of hydrogen-bond donors (Lipinski definition) is 2. The van der Waals surface area contributed by atoms with Crippen LogP contribution >= 0.6 is 0 Å². The molecule has 0 radical (unpaired) electrons. The lowest BCUT2D eigenvalue weighted by atomic mass is 10.2. The molecule has 0 saturated carbocycles. The fraction of sp³-hybridized carbons (Fsp3) is 0.211. The van der Waals surface area contributed by atoms with Crippen LogP contribution in [0.1, 0.15) is 16.1 Å². The average molecular weight is 391 g/mol. The van der Waals surface area contributed by atoms with E-state index in [9.17, 15) is 4.79 Å². The van der Waals surface area contributed by atoms with E-state index < -0.39 is 5.91 Å². The van der Waals surface area contributed by atoms with Gasteiger partial charge in [0.15, 0.2) is 11.3 Å². The molecule has 1 amide bonds. The summed E-state index contributed by atoms with van der Waals surface area (Å²) in [6.07, 6.45) is 3.30. The van der Waals surface area contributed by atoms with Gasteiger partial charge >= 0.3 is 0 Å².